The Balaban J connectivity index is 1.87. The zero-order valence-corrected chi connectivity index (χ0v) is 13.9. The molecule has 21 heavy (non-hydrogen) atoms. The quantitative estimate of drug-likeness (QED) is 0.875. The number of hydrogen-bond acceptors (Lipinski definition) is 3. The second kappa shape index (κ2) is 7.73. The van der Waals surface area contributed by atoms with Gasteiger partial charge in [0.15, 0.2) is 0 Å². The molecule has 3 nitrogen and oxygen atoms in total. The summed E-state index contributed by atoms with van der Waals surface area (Å²) in [6.45, 7) is 2.17. The molecule has 0 aliphatic rings. The molecule has 2 unspecified atom stereocenters. The minimum Gasteiger partial charge on any atom is -0.350 e. The van der Waals surface area contributed by atoms with Gasteiger partial charge in [0.2, 0.25) is 5.91 Å². The normalized spacial score (nSPS) is 13.6. The van der Waals surface area contributed by atoms with Crippen LogP contribution in [0.15, 0.2) is 41.8 Å². The summed E-state index contributed by atoms with van der Waals surface area (Å²) in [5.74, 6) is 0.137. The topological polar surface area (TPSA) is 46.2 Å². The van der Waals surface area contributed by atoms with Gasteiger partial charge in [-0.25, -0.2) is 0 Å². The van der Waals surface area contributed by atoms with Crippen LogP contribution in [0.4, 0.5) is 0 Å². The molecule has 0 fully saturated rings. The lowest BCUT2D eigenvalue weighted by molar-refractivity contribution is -0.120. The summed E-state index contributed by atoms with van der Waals surface area (Å²) in [5.41, 5.74) is 0.874. The molecule has 0 bridgehead atoms. The number of benzene rings is 1. The van der Waals surface area contributed by atoms with Crippen molar-refractivity contribution in [1.29, 1.82) is 0 Å². The summed E-state index contributed by atoms with van der Waals surface area (Å²) in [6.07, 6.45) is 0. The molecule has 0 saturated carbocycles. The van der Waals surface area contributed by atoms with Gasteiger partial charge in [-0.1, -0.05) is 29.8 Å². The van der Waals surface area contributed by atoms with Crippen LogP contribution in [0.1, 0.15) is 17.4 Å². The van der Waals surface area contributed by atoms with E-state index in [1.807, 2.05) is 29.6 Å². The summed E-state index contributed by atoms with van der Waals surface area (Å²) >= 11 is 7.48. The average Bonchev–Trinajstić information content (AvgIpc) is 2.97. The van der Waals surface area contributed by atoms with Crippen molar-refractivity contribution >= 4 is 39.6 Å². The van der Waals surface area contributed by atoms with Crippen LogP contribution in [0.3, 0.4) is 0 Å². The van der Waals surface area contributed by atoms with Crippen molar-refractivity contribution in [3.05, 3.63) is 57.2 Å². The highest BCUT2D eigenvalue weighted by Gasteiger charge is 2.20. The van der Waals surface area contributed by atoms with Crippen molar-refractivity contribution < 1.29 is 9.00 Å². The Morgan fingerprint density at radius 2 is 2.19 bits per heavy atom. The van der Waals surface area contributed by atoms with Crippen molar-refractivity contribution in [2.45, 2.75) is 24.5 Å². The standard InChI is InChI=1S/C15H16ClNO2S2/c1-11(15(18)17-9-14-6-3-7-20-14)21(19)10-12-4-2-5-13(16)8-12/h2-8,11H,9-10H2,1H3,(H,17,18). The fraction of sp³-hybridized carbons (Fsp3) is 0.267. The minimum absolute atomic E-state index is 0.191. The Labute approximate surface area is 135 Å². The highest BCUT2D eigenvalue weighted by molar-refractivity contribution is 7.85. The molecule has 0 aliphatic heterocycles. The zero-order valence-electron chi connectivity index (χ0n) is 11.5. The van der Waals surface area contributed by atoms with Gasteiger partial charge in [-0.15, -0.1) is 11.3 Å². The van der Waals surface area contributed by atoms with Crippen LogP contribution in [0.5, 0.6) is 0 Å². The summed E-state index contributed by atoms with van der Waals surface area (Å²) in [7, 11) is -1.27. The highest BCUT2D eigenvalue weighted by atomic mass is 35.5. The molecule has 1 aromatic carbocycles. The van der Waals surface area contributed by atoms with Gasteiger partial charge in [0.1, 0.15) is 5.25 Å². The largest absolute Gasteiger partial charge is 0.350 e. The molecule has 1 heterocycles. The number of thiophene rings is 1. The first-order valence-corrected chi connectivity index (χ1v) is 9.12. The van der Waals surface area contributed by atoms with Crippen LogP contribution in [-0.4, -0.2) is 15.4 Å². The average molecular weight is 342 g/mol. The van der Waals surface area contributed by atoms with Gasteiger partial charge in [-0.3, -0.25) is 9.00 Å². The summed E-state index contributed by atoms with van der Waals surface area (Å²) in [5, 5.41) is 4.83. The van der Waals surface area contributed by atoms with E-state index in [0.29, 0.717) is 17.3 Å². The molecule has 6 heteroatoms. The number of nitrogens with one attached hydrogen (secondary N) is 1. The number of rotatable bonds is 6. The SMILES string of the molecule is CC(C(=O)NCc1cccs1)S(=O)Cc1cccc(Cl)c1. The lowest BCUT2D eigenvalue weighted by Crippen LogP contribution is -2.35. The van der Waals surface area contributed by atoms with Gasteiger partial charge >= 0.3 is 0 Å². The predicted molar refractivity (Wildman–Crippen MR) is 88.9 cm³/mol. The van der Waals surface area contributed by atoms with E-state index >= 15 is 0 Å². The van der Waals surface area contributed by atoms with Crippen LogP contribution >= 0.6 is 22.9 Å². The Morgan fingerprint density at radius 3 is 2.86 bits per heavy atom. The van der Waals surface area contributed by atoms with E-state index in [2.05, 4.69) is 5.32 Å². The first-order valence-electron chi connectivity index (χ1n) is 6.48. The van der Waals surface area contributed by atoms with Gasteiger partial charge in [-0.05, 0) is 36.1 Å². The molecule has 0 aliphatic carbocycles. The van der Waals surface area contributed by atoms with Crippen LogP contribution in [-0.2, 0) is 27.9 Å². The van der Waals surface area contributed by atoms with E-state index in [1.54, 1.807) is 30.4 Å². The van der Waals surface area contributed by atoms with Gasteiger partial charge in [0.05, 0.1) is 6.54 Å². The second-order valence-corrected chi connectivity index (χ2v) is 7.82. The van der Waals surface area contributed by atoms with E-state index in [4.69, 9.17) is 11.6 Å². The van der Waals surface area contributed by atoms with Crippen molar-refractivity contribution in [3.8, 4) is 0 Å². The molecule has 2 rings (SSSR count). The van der Waals surface area contributed by atoms with Crippen molar-refractivity contribution in [1.82, 2.24) is 5.32 Å². The highest BCUT2D eigenvalue weighted by Crippen LogP contribution is 2.14. The Bertz CT molecular complexity index is 628. The summed E-state index contributed by atoms with van der Waals surface area (Å²) in [4.78, 5) is 13.1. The van der Waals surface area contributed by atoms with E-state index in [-0.39, 0.29) is 5.91 Å². The number of amides is 1. The van der Waals surface area contributed by atoms with Crippen molar-refractivity contribution in [2.24, 2.45) is 0 Å². The van der Waals surface area contributed by atoms with Crippen LogP contribution in [0, 0.1) is 0 Å². The lowest BCUT2D eigenvalue weighted by atomic mass is 10.2. The number of carbonyl (C=O) groups excluding carboxylic acids is 1. The Morgan fingerprint density at radius 1 is 1.38 bits per heavy atom. The molecule has 2 atom stereocenters. The maximum absolute atomic E-state index is 12.2. The summed E-state index contributed by atoms with van der Waals surface area (Å²) < 4.78 is 12.2. The van der Waals surface area contributed by atoms with Gasteiger partial charge < -0.3 is 5.32 Å². The molecular weight excluding hydrogens is 326 g/mol. The number of carbonyl (C=O) groups is 1. The fourth-order valence-electron chi connectivity index (χ4n) is 1.77. The molecule has 0 saturated heterocycles. The molecule has 1 aromatic heterocycles. The van der Waals surface area contributed by atoms with Crippen molar-refractivity contribution in [3.63, 3.8) is 0 Å². The number of hydrogen-bond donors (Lipinski definition) is 1. The minimum atomic E-state index is -1.27. The van der Waals surface area contributed by atoms with Gasteiger partial charge in [0.25, 0.3) is 0 Å². The predicted octanol–water partition coefficient (Wildman–Crippen LogP) is 3.36. The monoisotopic (exact) mass is 341 g/mol. The molecule has 1 N–H and O–H groups in total. The van der Waals surface area contributed by atoms with E-state index in [0.717, 1.165) is 10.4 Å². The third kappa shape index (κ3) is 4.95. The first-order chi connectivity index (χ1) is 10.1. The maximum Gasteiger partial charge on any atom is 0.235 e. The molecule has 2 aromatic rings. The van der Waals surface area contributed by atoms with Crippen LogP contribution in [0.2, 0.25) is 5.02 Å². The van der Waals surface area contributed by atoms with E-state index < -0.39 is 16.0 Å². The summed E-state index contributed by atoms with van der Waals surface area (Å²) in [6, 6.07) is 11.1. The Kier molecular flexibility index (Phi) is 5.96. The number of halogens is 1. The van der Waals surface area contributed by atoms with E-state index in [1.165, 1.54) is 0 Å². The molecule has 0 spiro atoms. The van der Waals surface area contributed by atoms with Gasteiger partial charge in [-0.2, -0.15) is 0 Å². The van der Waals surface area contributed by atoms with Crippen LogP contribution in [0.25, 0.3) is 0 Å². The van der Waals surface area contributed by atoms with E-state index in [9.17, 15) is 9.00 Å². The Hall–Kier alpha value is -1.17. The molecule has 0 radical (unpaired) electrons. The third-order valence-corrected chi connectivity index (χ3v) is 5.71. The molecular formula is C15H16ClNO2S2. The van der Waals surface area contributed by atoms with Gasteiger partial charge in [0, 0.05) is 26.5 Å². The fourth-order valence-corrected chi connectivity index (χ4v) is 3.70. The second-order valence-electron chi connectivity index (χ2n) is 4.59. The molecule has 112 valence electrons. The lowest BCUT2D eigenvalue weighted by Gasteiger charge is -2.12. The maximum atomic E-state index is 12.2. The van der Waals surface area contributed by atoms with Crippen molar-refractivity contribution in [2.75, 3.05) is 0 Å². The third-order valence-electron chi connectivity index (χ3n) is 2.98. The first kappa shape index (κ1) is 16.2. The smallest absolute Gasteiger partial charge is 0.235 e. The zero-order chi connectivity index (χ0) is 15.2. The molecule has 1 amide bonds. The van der Waals surface area contributed by atoms with Crippen LogP contribution < -0.4 is 5.32 Å².